The Kier molecular flexibility index (Phi) is 9.75. The Morgan fingerprint density at radius 1 is 0.809 bits per heavy atom. The van der Waals surface area contributed by atoms with Crippen molar-refractivity contribution in [2.75, 3.05) is 40.3 Å². The number of alkyl carbamates (subject to hydrolysis) is 1. The Morgan fingerprint density at radius 2 is 1.36 bits per heavy atom. The maximum Gasteiger partial charge on any atom is 0.408 e. The van der Waals surface area contributed by atoms with E-state index in [1.54, 1.807) is 24.3 Å². The molecule has 3 amide bonds. The maximum absolute atomic E-state index is 13.0. The van der Waals surface area contributed by atoms with E-state index in [2.05, 4.69) is 24.3 Å². The Morgan fingerprint density at radius 3 is 1.96 bits per heavy atom. The fourth-order valence-electron chi connectivity index (χ4n) is 6.40. The molecule has 0 aliphatic carbocycles. The highest BCUT2D eigenvalue weighted by Crippen LogP contribution is 2.24. The molecule has 3 heterocycles. The summed E-state index contributed by atoms with van der Waals surface area (Å²) < 4.78 is 6.48. The van der Waals surface area contributed by atoms with Crippen molar-refractivity contribution in [3.05, 3.63) is 137 Å². The largest absolute Gasteiger partial charge is 0.446 e. The molecular weight excluding hydrogens is 590 g/mol. The number of hydrogen-bond acceptors (Lipinski definition) is 6. The molecule has 0 saturated carbocycles. The van der Waals surface area contributed by atoms with Crippen molar-refractivity contribution in [3.63, 3.8) is 0 Å². The molecule has 4 aromatic rings. The highest BCUT2D eigenvalue weighted by atomic mass is 16.6. The molecule has 9 nitrogen and oxygen atoms in total. The van der Waals surface area contributed by atoms with Gasteiger partial charge in [0, 0.05) is 19.6 Å². The molecule has 1 saturated heterocycles. The Labute approximate surface area is 276 Å². The number of nitrogens with one attached hydrogen (secondary N) is 1. The number of likely N-dealkylation sites (N-methyl/N-ethyl adjacent to an activating group) is 1. The van der Waals surface area contributed by atoms with Crippen molar-refractivity contribution in [1.82, 2.24) is 20.1 Å². The van der Waals surface area contributed by atoms with Gasteiger partial charge in [-0.3, -0.25) is 24.4 Å². The fraction of sp³-hybridized carbons (Fsp3) is 0.316. The van der Waals surface area contributed by atoms with Gasteiger partial charge in [0.15, 0.2) is 0 Å². The zero-order chi connectivity index (χ0) is 32.8. The summed E-state index contributed by atoms with van der Waals surface area (Å²) in [7, 11) is 4.19. The average molecular weight is 633 g/mol. The lowest BCUT2D eigenvalue weighted by atomic mass is 9.99. The molecule has 3 aromatic carbocycles. The van der Waals surface area contributed by atoms with Crippen LogP contribution in [0.3, 0.4) is 0 Å². The lowest BCUT2D eigenvalue weighted by molar-refractivity contribution is -0.903. The van der Waals surface area contributed by atoms with Gasteiger partial charge in [0.25, 0.3) is 11.8 Å². The first-order chi connectivity index (χ1) is 22.8. The minimum absolute atomic E-state index is 0.141. The molecule has 0 atom stereocenters. The molecule has 2 aliphatic heterocycles. The molecule has 47 heavy (non-hydrogen) atoms. The average Bonchev–Trinajstić information content (AvgIpc) is 3.33. The Hall–Kier alpha value is -4.86. The van der Waals surface area contributed by atoms with Gasteiger partial charge >= 0.3 is 6.09 Å². The van der Waals surface area contributed by atoms with Crippen LogP contribution in [0.25, 0.3) is 0 Å². The molecule has 0 radical (unpaired) electrons. The summed E-state index contributed by atoms with van der Waals surface area (Å²) >= 11 is 0. The summed E-state index contributed by atoms with van der Waals surface area (Å²) in [5, 5.41) is 3.08. The number of pyridine rings is 1. The summed E-state index contributed by atoms with van der Waals surface area (Å²) in [6.45, 7) is 4.00. The molecule has 1 N–H and O–H groups in total. The lowest BCUT2D eigenvalue weighted by Gasteiger charge is -2.32. The van der Waals surface area contributed by atoms with Crippen LogP contribution in [0.4, 0.5) is 4.79 Å². The second-order valence-corrected chi connectivity index (χ2v) is 13.0. The van der Waals surface area contributed by atoms with Crippen LogP contribution in [0, 0.1) is 0 Å². The number of rotatable bonds is 11. The number of piperidine rings is 1. The summed E-state index contributed by atoms with van der Waals surface area (Å²) in [4.78, 5) is 47.2. The number of likely N-dealkylation sites (tertiary alicyclic amines) is 1. The first kappa shape index (κ1) is 32.1. The zero-order valence-corrected chi connectivity index (χ0v) is 27.0. The van der Waals surface area contributed by atoms with Crippen LogP contribution >= 0.6 is 0 Å². The smallest absolute Gasteiger partial charge is 0.408 e. The van der Waals surface area contributed by atoms with E-state index in [-0.39, 0.29) is 24.0 Å². The summed E-state index contributed by atoms with van der Waals surface area (Å²) in [5.41, 5.74) is 4.94. The minimum atomic E-state index is -0.403. The van der Waals surface area contributed by atoms with Gasteiger partial charge in [0.1, 0.15) is 12.6 Å². The van der Waals surface area contributed by atoms with E-state index in [1.165, 1.54) is 4.90 Å². The third-order valence-electron chi connectivity index (χ3n) is 8.98. The molecular formula is C38H42N5O4+. The highest BCUT2D eigenvalue weighted by Gasteiger charge is 2.36. The number of amides is 3. The molecule has 242 valence electrons. The van der Waals surface area contributed by atoms with Crippen molar-refractivity contribution < 1.29 is 23.6 Å². The second kappa shape index (κ2) is 14.3. The SMILES string of the molecule is C[N+](C)(CCN1C(=O)c2ccccc2C1=O)Cc1cccc(CN2CCC(OC(=O)NC(c3ccccc3)c3ccccc3)CC2)n1. The first-order valence-electron chi connectivity index (χ1n) is 16.3. The highest BCUT2D eigenvalue weighted by molar-refractivity contribution is 6.21. The number of fused-ring (bicyclic) bond motifs is 1. The van der Waals surface area contributed by atoms with Crippen molar-refractivity contribution in [2.24, 2.45) is 0 Å². The van der Waals surface area contributed by atoms with Gasteiger partial charge in [-0.1, -0.05) is 78.9 Å². The molecule has 0 bridgehead atoms. The monoisotopic (exact) mass is 632 g/mol. The van der Waals surface area contributed by atoms with E-state index < -0.39 is 6.09 Å². The standard InChI is InChI=1S/C38H41N5O4/c1-43(2,25-24-42-36(44)33-18-9-10-19-34(33)37(42)45)27-31-17-11-16-30(39-31)26-41-22-20-32(21-23-41)47-38(46)40-35(28-12-5-3-6-13-28)29-14-7-4-8-15-29/h3-19,32,35H,20-27H2,1-2H3/p+1. The number of carbonyl (C=O) groups excluding carboxylic acids is 3. The molecule has 9 heteroatoms. The van der Waals surface area contributed by atoms with Gasteiger partial charge in [-0.25, -0.2) is 4.79 Å². The summed E-state index contributed by atoms with van der Waals surface area (Å²) in [6, 6.07) is 32.7. The van der Waals surface area contributed by atoms with Crippen LogP contribution in [-0.4, -0.2) is 83.6 Å². The van der Waals surface area contributed by atoms with Gasteiger partial charge in [0.2, 0.25) is 0 Å². The Balaban J connectivity index is 0.974. The molecule has 2 aliphatic rings. The number of ether oxygens (including phenoxy) is 1. The van der Waals surface area contributed by atoms with Crippen LogP contribution in [0.2, 0.25) is 0 Å². The van der Waals surface area contributed by atoms with Crippen molar-refractivity contribution >= 4 is 17.9 Å². The first-order valence-corrected chi connectivity index (χ1v) is 16.3. The predicted octanol–water partition coefficient (Wildman–Crippen LogP) is 5.43. The fourth-order valence-corrected chi connectivity index (χ4v) is 6.40. The number of nitrogens with zero attached hydrogens (tertiary/aromatic N) is 4. The van der Waals surface area contributed by atoms with Crippen LogP contribution in [0.5, 0.6) is 0 Å². The van der Waals surface area contributed by atoms with Gasteiger partial charge in [0.05, 0.1) is 55.7 Å². The number of hydrogen-bond donors (Lipinski definition) is 1. The normalized spacial score (nSPS) is 15.6. The van der Waals surface area contributed by atoms with E-state index >= 15 is 0 Å². The van der Waals surface area contributed by atoms with Crippen molar-refractivity contribution in [2.45, 2.75) is 38.1 Å². The van der Waals surface area contributed by atoms with E-state index in [4.69, 9.17) is 9.72 Å². The number of benzene rings is 3. The molecule has 1 aromatic heterocycles. The maximum atomic E-state index is 13.0. The van der Waals surface area contributed by atoms with Crippen LogP contribution < -0.4 is 5.32 Å². The van der Waals surface area contributed by atoms with Gasteiger partial charge in [-0.15, -0.1) is 0 Å². The molecule has 0 unspecified atom stereocenters. The zero-order valence-electron chi connectivity index (χ0n) is 27.0. The number of aromatic nitrogens is 1. The van der Waals surface area contributed by atoms with E-state index in [1.807, 2.05) is 78.9 Å². The predicted molar refractivity (Wildman–Crippen MR) is 179 cm³/mol. The number of carbonyl (C=O) groups is 3. The Bertz CT molecular complexity index is 1630. The number of quaternary nitrogens is 1. The summed E-state index contributed by atoms with van der Waals surface area (Å²) in [6.07, 6.45) is 0.976. The van der Waals surface area contributed by atoms with Gasteiger partial charge in [-0.2, -0.15) is 0 Å². The topological polar surface area (TPSA) is 91.8 Å². The van der Waals surface area contributed by atoms with E-state index in [0.717, 1.165) is 55.0 Å². The lowest BCUT2D eigenvalue weighted by Crippen LogP contribution is -2.46. The second-order valence-electron chi connectivity index (χ2n) is 13.0. The quantitative estimate of drug-likeness (QED) is 0.175. The molecule has 1 fully saturated rings. The molecule has 0 spiro atoms. The third kappa shape index (κ3) is 7.93. The third-order valence-corrected chi connectivity index (χ3v) is 8.98. The van der Waals surface area contributed by atoms with Gasteiger partial charge < -0.3 is 14.5 Å². The van der Waals surface area contributed by atoms with Crippen LogP contribution in [0.15, 0.2) is 103 Å². The number of imide groups is 1. The van der Waals surface area contributed by atoms with Gasteiger partial charge in [-0.05, 0) is 48.2 Å². The van der Waals surface area contributed by atoms with E-state index in [0.29, 0.717) is 35.2 Å². The van der Waals surface area contributed by atoms with Crippen LogP contribution in [0.1, 0.15) is 62.1 Å². The minimum Gasteiger partial charge on any atom is -0.446 e. The molecule has 6 rings (SSSR count). The summed E-state index contributed by atoms with van der Waals surface area (Å²) in [5.74, 6) is -0.437. The van der Waals surface area contributed by atoms with Crippen molar-refractivity contribution in [3.8, 4) is 0 Å². The van der Waals surface area contributed by atoms with E-state index in [9.17, 15) is 14.4 Å². The van der Waals surface area contributed by atoms with Crippen LogP contribution in [-0.2, 0) is 17.8 Å². The van der Waals surface area contributed by atoms with Crippen molar-refractivity contribution in [1.29, 1.82) is 0 Å².